The lowest BCUT2D eigenvalue weighted by atomic mass is 10.1. The molecule has 0 bridgehead atoms. The van der Waals surface area contributed by atoms with Crippen molar-refractivity contribution >= 4 is 22.9 Å². The highest BCUT2D eigenvalue weighted by molar-refractivity contribution is 7.09. The van der Waals surface area contributed by atoms with E-state index in [2.05, 4.69) is 4.98 Å². The van der Waals surface area contributed by atoms with E-state index in [0.29, 0.717) is 10.6 Å². The Bertz CT molecular complexity index is 467. The second-order valence-corrected chi connectivity index (χ2v) is 4.41. The average Bonchev–Trinajstić information content (AvgIpc) is 2.56. The molecular formula is C10H8ClNOS. The zero-order valence-electron chi connectivity index (χ0n) is 7.49. The van der Waals surface area contributed by atoms with Crippen molar-refractivity contribution in [2.75, 3.05) is 0 Å². The highest BCUT2D eigenvalue weighted by atomic mass is 35.5. The van der Waals surface area contributed by atoms with Crippen LogP contribution in [0.5, 0.6) is 5.75 Å². The molecule has 1 aromatic heterocycles. The molecule has 0 spiro atoms. The smallest absolute Gasteiger partial charge is 0.125 e. The van der Waals surface area contributed by atoms with Gasteiger partial charge in [-0.3, -0.25) is 0 Å². The summed E-state index contributed by atoms with van der Waals surface area (Å²) in [5, 5.41) is 13.1. The van der Waals surface area contributed by atoms with Gasteiger partial charge >= 0.3 is 0 Å². The summed E-state index contributed by atoms with van der Waals surface area (Å²) in [6.45, 7) is 1.93. The predicted molar refractivity (Wildman–Crippen MR) is 59.0 cm³/mol. The van der Waals surface area contributed by atoms with Gasteiger partial charge in [-0.05, 0) is 25.1 Å². The zero-order chi connectivity index (χ0) is 10.1. The maximum atomic E-state index is 9.60. The monoisotopic (exact) mass is 225 g/mol. The molecular weight excluding hydrogens is 218 g/mol. The fourth-order valence-electron chi connectivity index (χ4n) is 1.20. The maximum absolute atomic E-state index is 9.60. The highest BCUT2D eigenvalue weighted by Crippen LogP contribution is 2.31. The quantitative estimate of drug-likeness (QED) is 0.806. The largest absolute Gasteiger partial charge is 0.507 e. The fraction of sp³-hybridized carbons (Fsp3) is 0.100. The fourth-order valence-corrected chi connectivity index (χ4v) is 1.99. The van der Waals surface area contributed by atoms with Crippen LogP contribution in [0.4, 0.5) is 0 Å². The van der Waals surface area contributed by atoms with Gasteiger partial charge in [-0.15, -0.1) is 11.3 Å². The number of benzene rings is 1. The number of hydrogen-bond acceptors (Lipinski definition) is 3. The van der Waals surface area contributed by atoms with Gasteiger partial charge < -0.3 is 5.11 Å². The van der Waals surface area contributed by atoms with E-state index in [1.807, 2.05) is 12.3 Å². The number of aromatic nitrogens is 1. The number of phenols is 1. The van der Waals surface area contributed by atoms with Gasteiger partial charge in [0.1, 0.15) is 5.75 Å². The summed E-state index contributed by atoms with van der Waals surface area (Å²) in [6.07, 6.45) is 0. The van der Waals surface area contributed by atoms with Crippen LogP contribution in [0.1, 0.15) is 5.01 Å². The number of rotatable bonds is 1. The van der Waals surface area contributed by atoms with Crippen molar-refractivity contribution in [3.8, 4) is 17.0 Å². The number of hydrogen-bond donors (Lipinski definition) is 1. The predicted octanol–water partition coefficient (Wildman–Crippen LogP) is 3.48. The molecule has 0 aliphatic rings. The van der Waals surface area contributed by atoms with Crippen LogP contribution in [-0.2, 0) is 0 Å². The van der Waals surface area contributed by atoms with Gasteiger partial charge in [0.15, 0.2) is 0 Å². The van der Waals surface area contributed by atoms with Crippen molar-refractivity contribution in [3.05, 3.63) is 33.6 Å². The molecule has 0 unspecified atom stereocenters. The zero-order valence-corrected chi connectivity index (χ0v) is 9.06. The van der Waals surface area contributed by atoms with Gasteiger partial charge in [-0.25, -0.2) is 4.98 Å². The first-order valence-corrected chi connectivity index (χ1v) is 5.33. The minimum atomic E-state index is 0.208. The van der Waals surface area contributed by atoms with Gasteiger partial charge in [0, 0.05) is 16.0 Å². The van der Waals surface area contributed by atoms with Crippen LogP contribution in [0, 0.1) is 6.92 Å². The van der Waals surface area contributed by atoms with Crippen LogP contribution < -0.4 is 0 Å². The Balaban J connectivity index is 2.55. The summed E-state index contributed by atoms with van der Waals surface area (Å²) in [5.41, 5.74) is 1.45. The molecule has 0 aliphatic heterocycles. The highest BCUT2D eigenvalue weighted by Gasteiger charge is 2.07. The van der Waals surface area contributed by atoms with Crippen molar-refractivity contribution in [3.63, 3.8) is 0 Å². The van der Waals surface area contributed by atoms with E-state index in [4.69, 9.17) is 11.6 Å². The van der Waals surface area contributed by atoms with Crippen molar-refractivity contribution in [1.29, 1.82) is 0 Å². The number of phenolic OH excluding ortho intramolecular Hbond substituents is 1. The van der Waals surface area contributed by atoms with Crippen LogP contribution in [0.3, 0.4) is 0 Å². The summed E-state index contributed by atoms with van der Waals surface area (Å²) < 4.78 is 0. The molecule has 0 amide bonds. The SMILES string of the molecule is Cc1nc(-c2cc(Cl)ccc2O)cs1. The molecule has 0 saturated heterocycles. The first-order valence-electron chi connectivity index (χ1n) is 4.08. The molecule has 2 rings (SSSR count). The Morgan fingerprint density at radius 3 is 2.86 bits per heavy atom. The van der Waals surface area contributed by atoms with Gasteiger partial charge in [0.05, 0.1) is 10.7 Å². The lowest BCUT2D eigenvalue weighted by Crippen LogP contribution is -1.79. The van der Waals surface area contributed by atoms with Crippen LogP contribution >= 0.6 is 22.9 Å². The first kappa shape index (κ1) is 9.49. The third-order valence-electron chi connectivity index (χ3n) is 1.85. The van der Waals surface area contributed by atoms with E-state index < -0.39 is 0 Å². The molecule has 72 valence electrons. The lowest BCUT2D eigenvalue weighted by Gasteiger charge is -2.00. The van der Waals surface area contributed by atoms with E-state index in [1.54, 1.807) is 29.5 Å². The minimum Gasteiger partial charge on any atom is -0.507 e. The molecule has 0 fully saturated rings. The van der Waals surface area contributed by atoms with Crippen LogP contribution in [0.2, 0.25) is 5.02 Å². The van der Waals surface area contributed by atoms with Crippen molar-refractivity contribution < 1.29 is 5.11 Å². The van der Waals surface area contributed by atoms with Gasteiger partial charge in [-0.2, -0.15) is 0 Å². The molecule has 0 aliphatic carbocycles. The third-order valence-corrected chi connectivity index (χ3v) is 2.86. The third kappa shape index (κ3) is 1.74. The topological polar surface area (TPSA) is 33.1 Å². The molecule has 0 radical (unpaired) electrons. The molecule has 1 heterocycles. The van der Waals surface area contributed by atoms with E-state index in [-0.39, 0.29) is 5.75 Å². The number of aryl methyl sites for hydroxylation is 1. The summed E-state index contributed by atoms with van der Waals surface area (Å²) in [6, 6.07) is 4.94. The normalized spacial score (nSPS) is 10.4. The van der Waals surface area contributed by atoms with Gasteiger partial charge in [0.25, 0.3) is 0 Å². The number of thiazole rings is 1. The Morgan fingerprint density at radius 1 is 1.43 bits per heavy atom. The van der Waals surface area contributed by atoms with Gasteiger partial charge in [0.2, 0.25) is 0 Å². The van der Waals surface area contributed by atoms with Crippen LogP contribution in [-0.4, -0.2) is 10.1 Å². The first-order chi connectivity index (χ1) is 6.66. The maximum Gasteiger partial charge on any atom is 0.125 e. The molecule has 14 heavy (non-hydrogen) atoms. The van der Waals surface area contributed by atoms with Crippen LogP contribution in [0.25, 0.3) is 11.3 Å². The van der Waals surface area contributed by atoms with E-state index in [1.165, 1.54) is 0 Å². The molecule has 2 nitrogen and oxygen atoms in total. The standard InChI is InChI=1S/C10H8ClNOS/c1-6-12-9(5-14-6)8-4-7(11)2-3-10(8)13/h2-5,13H,1H3. The molecule has 1 N–H and O–H groups in total. The molecule has 0 saturated carbocycles. The number of halogens is 1. The van der Waals surface area contributed by atoms with Crippen molar-refractivity contribution in [1.82, 2.24) is 4.98 Å². The van der Waals surface area contributed by atoms with E-state index in [0.717, 1.165) is 10.7 Å². The van der Waals surface area contributed by atoms with Crippen LogP contribution in [0.15, 0.2) is 23.6 Å². The Morgan fingerprint density at radius 2 is 2.21 bits per heavy atom. The Labute approximate surface area is 90.8 Å². The van der Waals surface area contributed by atoms with Crippen molar-refractivity contribution in [2.24, 2.45) is 0 Å². The summed E-state index contributed by atoms with van der Waals surface area (Å²) in [4.78, 5) is 4.28. The molecule has 0 atom stereocenters. The lowest BCUT2D eigenvalue weighted by molar-refractivity contribution is 0.477. The number of aromatic hydroxyl groups is 1. The molecule has 2 aromatic rings. The van der Waals surface area contributed by atoms with E-state index >= 15 is 0 Å². The molecule has 1 aromatic carbocycles. The Hall–Kier alpha value is -1.06. The second kappa shape index (κ2) is 3.59. The number of nitrogens with zero attached hydrogens (tertiary/aromatic N) is 1. The minimum absolute atomic E-state index is 0.208. The van der Waals surface area contributed by atoms with Crippen molar-refractivity contribution in [2.45, 2.75) is 6.92 Å². The van der Waals surface area contributed by atoms with E-state index in [9.17, 15) is 5.11 Å². The second-order valence-electron chi connectivity index (χ2n) is 2.91. The summed E-state index contributed by atoms with van der Waals surface area (Å²) >= 11 is 7.39. The molecule has 4 heteroatoms. The Kier molecular flexibility index (Phi) is 2.44. The van der Waals surface area contributed by atoms with Gasteiger partial charge in [-0.1, -0.05) is 11.6 Å². The average molecular weight is 226 g/mol. The summed E-state index contributed by atoms with van der Waals surface area (Å²) in [5.74, 6) is 0.208. The summed E-state index contributed by atoms with van der Waals surface area (Å²) in [7, 11) is 0.